The van der Waals surface area contributed by atoms with E-state index in [0.717, 1.165) is 33.3 Å². The monoisotopic (exact) mass is 529 g/mol. The highest BCUT2D eigenvalue weighted by molar-refractivity contribution is 6.05. The Morgan fingerprint density at radius 2 is 1.68 bits per heavy atom. The number of aromatic nitrogens is 6. The molecule has 1 amide bonds. The predicted molar refractivity (Wildman–Crippen MR) is 153 cm³/mol. The fourth-order valence-corrected chi connectivity index (χ4v) is 4.71. The van der Waals surface area contributed by atoms with Gasteiger partial charge in [0.2, 0.25) is 5.82 Å². The van der Waals surface area contributed by atoms with E-state index in [4.69, 9.17) is 9.72 Å². The second-order valence-corrected chi connectivity index (χ2v) is 9.27. The van der Waals surface area contributed by atoms with Crippen LogP contribution in [0.25, 0.3) is 33.5 Å². The fourth-order valence-electron chi connectivity index (χ4n) is 4.71. The molecule has 0 saturated carbocycles. The first-order chi connectivity index (χ1) is 19.7. The summed E-state index contributed by atoms with van der Waals surface area (Å²) in [6, 6.07) is 32.3. The number of H-pyrrole nitrogens is 1. The Labute approximate surface area is 230 Å². The molecule has 0 aliphatic carbocycles. The molecule has 0 atom stereocenters. The first-order valence-corrected chi connectivity index (χ1v) is 13.1. The van der Waals surface area contributed by atoms with Crippen LogP contribution in [0.4, 0.5) is 0 Å². The van der Waals surface area contributed by atoms with Crippen LogP contribution >= 0.6 is 0 Å². The number of para-hydroxylation sites is 1. The highest BCUT2D eigenvalue weighted by Crippen LogP contribution is 2.28. The van der Waals surface area contributed by atoms with Crippen molar-refractivity contribution in [1.82, 2.24) is 35.5 Å². The van der Waals surface area contributed by atoms with Crippen LogP contribution in [0.5, 0.6) is 6.01 Å². The van der Waals surface area contributed by atoms with Gasteiger partial charge in [-0.1, -0.05) is 78.9 Å². The molecule has 9 nitrogen and oxygen atoms in total. The lowest BCUT2D eigenvalue weighted by molar-refractivity contribution is 0.0952. The molecule has 198 valence electrons. The molecule has 9 heteroatoms. The maximum absolute atomic E-state index is 13.3. The highest BCUT2D eigenvalue weighted by atomic mass is 16.5. The van der Waals surface area contributed by atoms with Crippen LogP contribution in [0.15, 0.2) is 97.1 Å². The topological polar surface area (TPSA) is 111 Å². The minimum Gasteiger partial charge on any atom is -0.465 e. The lowest BCUT2D eigenvalue weighted by atomic mass is 10.0. The van der Waals surface area contributed by atoms with Crippen molar-refractivity contribution < 1.29 is 9.53 Å². The van der Waals surface area contributed by atoms with E-state index in [1.807, 2.05) is 78.2 Å². The predicted octanol–water partition coefficient (Wildman–Crippen LogP) is 5.26. The summed E-state index contributed by atoms with van der Waals surface area (Å²) >= 11 is 0. The van der Waals surface area contributed by atoms with Crippen molar-refractivity contribution in [2.24, 2.45) is 0 Å². The summed E-state index contributed by atoms with van der Waals surface area (Å²) in [4.78, 5) is 18.0. The van der Waals surface area contributed by atoms with Crippen LogP contribution in [-0.2, 0) is 13.1 Å². The quantitative estimate of drug-likeness (QED) is 0.264. The van der Waals surface area contributed by atoms with Gasteiger partial charge in [0.1, 0.15) is 0 Å². The summed E-state index contributed by atoms with van der Waals surface area (Å²) in [5, 5.41) is 17.3. The Bertz CT molecular complexity index is 1740. The zero-order chi connectivity index (χ0) is 27.3. The van der Waals surface area contributed by atoms with Crippen molar-refractivity contribution in [3.8, 4) is 28.5 Å². The smallest absolute Gasteiger partial charge is 0.297 e. The number of benzene rings is 4. The summed E-state index contributed by atoms with van der Waals surface area (Å²) in [7, 11) is 0. The van der Waals surface area contributed by atoms with Gasteiger partial charge in [-0.15, -0.1) is 10.2 Å². The second kappa shape index (κ2) is 11.2. The molecule has 0 radical (unpaired) electrons. The first-order valence-electron chi connectivity index (χ1n) is 13.1. The van der Waals surface area contributed by atoms with Gasteiger partial charge in [-0.25, -0.2) is 0 Å². The third-order valence-electron chi connectivity index (χ3n) is 6.64. The molecule has 2 aromatic heterocycles. The van der Waals surface area contributed by atoms with Crippen molar-refractivity contribution in [2.45, 2.75) is 20.0 Å². The van der Waals surface area contributed by atoms with Crippen LogP contribution in [0.2, 0.25) is 0 Å². The van der Waals surface area contributed by atoms with E-state index >= 15 is 0 Å². The number of aromatic amines is 1. The van der Waals surface area contributed by atoms with Gasteiger partial charge in [-0.3, -0.25) is 9.36 Å². The number of amides is 1. The van der Waals surface area contributed by atoms with Crippen molar-refractivity contribution in [2.75, 3.05) is 6.61 Å². The maximum atomic E-state index is 13.3. The lowest BCUT2D eigenvalue weighted by Gasteiger charge is -2.13. The number of nitrogens with zero attached hydrogens (tertiary/aromatic N) is 5. The third kappa shape index (κ3) is 5.17. The Kier molecular flexibility index (Phi) is 7.00. The minimum absolute atomic E-state index is 0.157. The second-order valence-electron chi connectivity index (χ2n) is 9.27. The van der Waals surface area contributed by atoms with Gasteiger partial charge in [-0.05, 0) is 52.6 Å². The van der Waals surface area contributed by atoms with E-state index in [2.05, 4.69) is 56.3 Å². The molecule has 0 aliphatic heterocycles. The zero-order valence-corrected chi connectivity index (χ0v) is 21.9. The lowest BCUT2D eigenvalue weighted by Crippen LogP contribution is -2.23. The maximum Gasteiger partial charge on any atom is 0.297 e. The van der Waals surface area contributed by atoms with Crippen molar-refractivity contribution in [3.63, 3.8) is 0 Å². The van der Waals surface area contributed by atoms with Crippen molar-refractivity contribution >= 4 is 16.9 Å². The molecular formula is C31H27N7O2. The summed E-state index contributed by atoms with van der Waals surface area (Å²) in [6.45, 7) is 3.33. The van der Waals surface area contributed by atoms with Crippen LogP contribution in [-0.4, -0.2) is 42.7 Å². The van der Waals surface area contributed by atoms with E-state index in [1.165, 1.54) is 0 Å². The van der Waals surface area contributed by atoms with Crippen LogP contribution in [0, 0.1) is 0 Å². The van der Waals surface area contributed by atoms with Crippen molar-refractivity contribution in [3.05, 3.63) is 114 Å². The van der Waals surface area contributed by atoms with E-state index in [9.17, 15) is 4.79 Å². The van der Waals surface area contributed by atoms with Gasteiger partial charge in [0.15, 0.2) is 0 Å². The molecule has 2 heterocycles. The SMILES string of the molecule is CCOc1nc2cccc(C(=O)NCc3ccccc3)c2n1Cc1ccc(-c2cccc(-c3nn[nH]n3)c2)cc1. The number of imidazole rings is 1. The average molecular weight is 530 g/mol. The van der Waals surface area contributed by atoms with E-state index in [0.29, 0.717) is 42.6 Å². The van der Waals surface area contributed by atoms with Gasteiger partial charge in [0.05, 0.1) is 29.7 Å². The van der Waals surface area contributed by atoms with Crippen molar-refractivity contribution in [1.29, 1.82) is 0 Å². The number of fused-ring (bicyclic) bond motifs is 1. The molecule has 4 aromatic carbocycles. The van der Waals surface area contributed by atoms with Gasteiger partial charge in [0.25, 0.3) is 11.9 Å². The van der Waals surface area contributed by atoms with E-state index < -0.39 is 0 Å². The van der Waals surface area contributed by atoms with E-state index in [1.54, 1.807) is 0 Å². The molecule has 40 heavy (non-hydrogen) atoms. The number of ether oxygens (including phenoxy) is 1. The number of carbonyl (C=O) groups is 1. The number of nitrogens with one attached hydrogen (secondary N) is 2. The average Bonchev–Trinajstić information content (AvgIpc) is 3.66. The highest BCUT2D eigenvalue weighted by Gasteiger charge is 2.19. The Morgan fingerprint density at radius 3 is 2.45 bits per heavy atom. The molecule has 0 spiro atoms. The molecule has 0 unspecified atom stereocenters. The first kappa shape index (κ1) is 25.0. The molecule has 0 aliphatic rings. The largest absolute Gasteiger partial charge is 0.465 e. The zero-order valence-electron chi connectivity index (χ0n) is 21.9. The van der Waals surface area contributed by atoms with Crippen LogP contribution < -0.4 is 10.1 Å². The number of carbonyl (C=O) groups excluding carboxylic acids is 1. The number of tetrazole rings is 1. The molecule has 0 saturated heterocycles. The summed E-state index contributed by atoms with van der Waals surface area (Å²) < 4.78 is 7.87. The third-order valence-corrected chi connectivity index (χ3v) is 6.64. The Balaban J connectivity index is 1.29. The normalized spacial score (nSPS) is 11.0. The standard InChI is InChI=1S/C31H27N7O2/c1-2-40-31-33-27-13-7-12-26(30(39)32-19-21-8-4-3-5-9-21)28(27)38(31)20-22-14-16-23(17-15-22)24-10-6-11-25(18-24)29-34-36-37-35-29/h3-18H,2,19-20H2,1H3,(H,32,39)(H,34,35,36,37). The Hall–Kier alpha value is -5.31. The molecule has 6 aromatic rings. The van der Waals surface area contributed by atoms with Gasteiger partial charge >= 0.3 is 0 Å². The van der Waals surface area contributed by atoms with Gasteiger partial charge < -0.3 is 10.1 Å². The molecule has 6 rings (SSSR count). The Morgan fingerprint density at radius 1 is 0.875 bits per heavy atom. The summed E-state index contributed by atoms with van der Waals surface area (Å²) in [6.07, 6.45) is 0. The van der Waals surface area contributed by atoms with Crippen LogP contribution in [0.1, 0.15) is 28.4 Å². The van der Waals surface area contributed by atoms with E-state index in [-0.39, 0.29) is 5.91 Å². The molecule has 2 N–H and O–H groups in total. The minimum atomic E-state index is -0.157. The summed E-state index contributed by atoms with van der Waals surface area (Å²) in [5.41, 5.74) is 7.11. The van der Waals surface area contributed by atoms with Gasteiger partial charge in [0, 0.05) is 12.1 Å². The molecular weight excluding hydrogens is 502 g/mol. The summed E-state index contributed by atoms with van der Waals surface area (Å²) in [5.74, 6) is 0.396. The number of hydrogen-bond donors (Lipinski definition) is 2. The molecule has 0 bridgehead atoms. The number of hydrogen-bond acceptors (Lipinski definition) is 6. The van der Waals surface area contributed by atoms with Gasteiger partial charge in [-0.2, -0.15) is 10.2 Å². The fraction of sp³-hybridized carbons (Fsp3) is 0.129. The number of rotatable bonds is 9. The molecule has 0 fully saturated rings. The van der Waals surface area contributed by atoms with Crippen LogP contribution in [0.3, 0.4) is 0 Å².